The number of anilines is 1. The number of nitrogens with one attached hydrogen (secondary N) is 2. The van der Waals surface area contributed by atoms with E-state index in [1.165, 1.54) is 0 Å². The molecule has 0 aliphatic carbocycles. The van der Waals surface area contributed by atoms with Crippen molar-refractivity contribution in [3.8, 4) is 0 Å². The van der Waals surface area contributed by atoms with Crippen molar-refractivity contribution >= 4 is 5.82 Å². The second kappa shape index (κ2) is 4.48. The van der Waals surface area contributed by atoms with Crippen molar-refractivity contribution in [2.24, 2.45) is 11.7 Å². The number of hydrogen-bond donors (Lipinski definition) is 3. The van der Waals surface area contributed by atoms with Gasteiger partial charge in [0.25, 0.3) is 5.56 Å². The predicted octanol–water partition coefficient (Wildman–Crippen LogP) is -1.37. The fourth-order valence-electron chi connectivity index (χ4n) is 2.01. The van der Waals surface area contributed by atoms with Crippen molar-refractivity contribution in [2.45, 2.75) is 12.8 Å². The van der Waals surface area contributed by atoms with Crippen LogP contribution in [-0.4, -0.2) is 34.8 Å². The molecular weight excluding hydrogens is 210 g/mol. The number of hydrogen-bond acceptors (Lipinski definition) is 5. The summed E-state index contributed by atoms with van der Waals surface area (Å²) in [5.41, 5.74) is 4.59. The first-order chi connectivity index (χ1) is 7.70. The third-order valence-electron chi connectivity index (χ3n) is 2.85. The molecule has 0 bridgehead atoms. The molecule has 16 heavy (non-hydrogen) atoms. The molecule has 0 amide bonds. The smallest absolute Gasteiger partial charge is 0.342 e. The molecular formula is C9H15N5O2. The van der Waals surface area contributed by atoms with Gasteiger partial charge in [-0.25, -0.2) is 9.89 Å². The third-order valence-corrected chi connectivity index (χ3v) is 2.85. The normalized spacial score (nSPS) is 21.1. The highest BCUT2D eigenvalue weighted by molar-refractivity contribution is 5.34. The molecule has 1 aliphatic heterocycles. The zero-order valence-electron chi connectivity index (χ0n) is 8.90. The van der Waals surface area contributed by atoms with E-state index in [4.69, 9.17) is 5.73 Å². The number of H-pyrrole nitrogens is 2. The largest absolute Gasteiger partial charge is 0.350 e. The molecule has 1 aromatic heterocycles. The SMILES string of the molecule is NCC1CCCN(c2n[nH]c(=O)[nH]c2=O)C1. The Morgan fingerprint density at radius 3 is 3.00 bits per heavy atom. The fraction of sp³-hybridized carbons (Fsp3) is 0.667. The van der Waals surface area contributed by atoms with E-state index in [9.17, 15) is 9.59 Å². The number of aromatic amines is 2. The molecule has 2 heterocycles. The minimum atomic E-state index is -0.582. The second-order valence-electron chi connectivity index (χ2n) is 4.02. The zero-order chi connectivity index (χ0) is 11.5. The van der Waals surface area contributed by atoms with Crippen molar-refractivity contribution in [1.29, 1.82) is 0 Å². The van der Waals surface area contributed by atoms with Crippen molar-refractivity contribution < 1.29 is 0 Å². The van der Waals surface area contributed by atoms with Crippen LogP contribution >= 0.6 is 0 Å². The highest BCUT2D eigenvalue weighted by Crippen LogP contribution is 2.17. The number of aromatic nitrogens is 3. The van der Waals surface area contributed by atoms with E-state index in [2.05, 4.69) is 15.2 Å². The lowest BCUT2D eigenvalue weighted by molar-refractivity contribution is 0.420. The van der Waals surface area contributed by atoms with Crippen molar-refractivity contribution in [1.82, 2.24) is 15.2 Å². The lowest BCUT2D eigenvalue weighted by atomic mass is 9.98. The standard InChI is InChI=1S/C9H15N5O2/c10-4-6-2-1-3-14(5-6)7-8(15)11-9(16)13-12-7/h6H,1-5,10H2,(H2,11,13,15,16). The summed E-state index contributed by atoms with van der Waals surface area (Å²) in [6.07, 6.45) is 2.07. The van der Waals surface area contributed by atoms with Crippen LogP contribution in [0, 0.1) is 5.92 Å². The summed E-state index contributed by atoms with van der Waals surface area (Å²) in [4.78, 5) is 26.4. The van der Waals surface area contributed by atoms with Gasteiger partial charge in [-0.05, 0) is 25.3 Å². The molecule has 1 fully saturated rings. The average molecular weight is 225 g/mol. The van der Waals surface area contributed by atoms with Crippen LogP contribution < -0.4 is 21.9 Å². The Hall–Kier alpha value is -1.63. The van der Waals surface area contributed by atoms with E-state index in [0.29, 0.717) is 12.5 Å². The van der Waals surface area contributed by atoms with Crippen LogP contribution in [0.3, 0.4) is 0 Å². The van der Waals surface area contributed by atoms with Gasteiger partial charge in [-0.15, -0.1) is 5.10 Å². The van der Waals surface area contributed by atoms with Gasteiger partial charge in [-0.3, -0.25) is 9.78 Å². The Balaban J connectivity index is 2.23. The first-order valence-electron chi connectivity index (χ1n) is 5.34. The van der Waals surface area contributed by atoms with Gasteiger partial charge in [0.05, 0.1) is 0 Å². The lowest BCUT2D eigenvalue weighted by Crippen LogP contribution is -2.42. The van der Waals surface area contributed by atoms with Crippen LogP contribution in [0.25, 0.3) is 0 Å². The Labute approximate surface area is 91.7 Å². The molecule has 1 aliphatic rings. The molecule has 2 rings (SSSR count). The molecule has 4 N–H and O–H groups in total. The summed E-state index contributed by atoms with van der Waals surface area (Å²) in [6.45, 7) is 2.11. The molecule has 1 saturated heterocycles. The second-order valence-corrected chi connectivity index (χ2v) is 4.02. The Bertz CT molecular complexity index is 465. The summed E-state index contributed by atoms with van der Waals surface area (Å²) in [7, 11) is 0. The maximum atomic E-state index is 11.5. The summed E-state index contributed by atoms with van der Waals surface area (Å²) in [5, 5.41) is 6.01. The highest BCUT2D eigenvalue weighted by atomic mass is 16.2. The van der Waals surface area contributed by atoms with Crippen LogP contribution in [0.2, 0.25) is 0 Å². The molecule has 88 valence electrons. The molecule has 1 aromatic rings. The van der Waals surface area contributed by atoms with E-state index >= 15 is 0 Å². The third kappa shape index (κ3) is 2.13. The first kappa shape index (κ1) is 10.9. The molecule has 1 unspecified atom stereocenters. The summed E-state index contributed by atoms with van der Waals surface area (Å²) in [5.74, 6) is 0.666. The van der Waals surface area contributed by atoms with Gasteiger partial charge in [-0.2, -0.15) is 0 Å². The summed E-state index contributed by atoms with van der Waals surface area (Å²) >= 11 is 0. The van der Waals surface area contributed by atoms with Gasteiger partial charge in [0.15, 0.2) is 0 Å². The molecule has 0 aromatic carbocycles. The van der Waals surface area contributed by atoms with Crippen molar-refractivity contribution in [3.63, 3.8) is 0 Å². The number of rotatable bonds is 2. The Morgan fingerprint density at radius 1 is 1.50 bits per heavy atom. The lowest BCUT2D eigenvalue weighted by Gasteiger charge is -2.31. The monoisotopic (exact) mass is 225 g/mol. The molecule has 1 atom stereocenters. The number of nitrogens with two attached hydrogens (primary N) is 1. The minimum absolute atomic E-state index is 0.276. The topological polar surface area (TPSA) is 108 Å². The van der Waals surface area contributed by atoms with E-state index in [0.717, 1.165) is 25.9 Å². The van der Waals surface area contributed by atoms with Crippen molar-refractivity contribution in [3.05, 3.63) is 20.8 Å². The zero-order valence-corrected chi connectivity index (χ0v) is 8.90. The summed E-state index contributed by atoms with van der Waals surface area (Å²) < 4.78 is 0. The van der Waals surface area contributed by atoms with Gasteiger partial charge in [0.2, 0.25) is 5.82 Å². The summed E-state index contributed by atoms with van der Waals surface area (Å²) in [6, 6.07) is 0. The highest BCUT2D eigenvalue weighted by Gasteiger charge is 2.21. The van der Waals surface area contributed by atoms with Crippen molar-refractivity contribution in [2.75, 3.05) is 24.5 Å². The minimum Gasteiger partial charge on any atom is -0.350 e. The van der Waals surface area contributed by atoms with Gasteiger partial charge in [0, 0.05) is 13.1 Å². The first-order valence-corrected chi connectivity index (χ1v) is 5.34. The number of nitrogens with zero attached hydrogens (tertiary/aromatic N) is 2. The molecule has 7 nitrogen and oxygen atoms in total. The Morgan fingerprint density at radius 2 is 2.31 bits per heavy atom. The van der Waals surface area contributed by atoms with Gasteiger partial charge >= 0.3 is 5.69 Å². The molecule has 0 radical (unpaired) electrons. The average Bonchev–Trinajstić information content (AvgIpc) is 2.29. The quantitative estimate of drug-likeness (QED) is 0.575. The van der Waals surface area contributed by atoms with Crippen LogP contribution in [0.4, 0.5) is 5.82 Å². The van der Waals surface area contributed by atoms with Gasteiger partial charge in [-0.1, -0.05) is 0 Å². The van der Waals surface area contributed by atoms with Gasteiger partial charge < -0.3 is 10.6 Å². The Kier molecular flexibility index (Phi) is 3.04. The molecule has 7 heteroatoms. The maximum Gasteiger partial charge on any atom is 0.342 e. The van der Waals surface area contributed by atoms with Crippen LogP contribution in [-0.2, 0) is 0 Å². The van der Waals surface area contributed by atoms with E-state index in [1.54, 1.807) is 0 Å². The van der Waals surface area contributed by atoms with E-state index < -0.39 is 11.2 Å². The number of piperidine rings is 1. The molecule has 0 saturated carbocycles. The maximum absolute atomic E-state index is 11.5. The van der Waals surface area contributed by atoms with Gasteiger partial charge in [0.1, 0.15) is 0 Å². The van der Waals surface area contributed by atoms with Crippen LogP contribution in [0.5, 0.6) is 0 Å². The van der Waals surface area contributed by atoms with Crippen LogP contribution in [0.15, 0.2) is 9.59 Å². The molecule has 0 spiro atoms. The predicted molar refractivity (Wildman–Crippen MR) is 59.5 cm³/mol. The van der Waals surface area contributed by atoms with Crippen LogP contribution in [0.1, 0.15) is 12.8 Å². The van der Waals surface area contributed by atoms with E-state index in [1.807, 2.05) is 4.90 Å². The fourth-order valence-corrected chi connectivity index (χ4v) is 2.01. The van der Waals surface area contributed by atoms with E-state index in [-0.39, 0.29) is 5.82 Å².